The molecule has 0 aromatic heterocycles. The molecule has 2 aromatic rings. The molecule has 0 aliphatic heterocycles. The van der Waals surface area contributed by atoms with Gasteiger partial charge in [-0.1, -0.05) is 83.5 Å². The standard InChI is InChI=1S/C26H34ClF3S/c1-7-23(24(2,3)4)25(5,6)15-9-10-18-13-14-21(17-22(18)27)31-20-12-8-11-19(16-20)26(28,29)30/h8,11-14,16-17,23H,7,9-10,15H2,1-6H3. The van der Waals surface area contributed by atoms with Crippen LogP contribution in [-0.4, -0.2) is 0 Å². The van der Waals surface area contributed by atoms with E-state index in [4.69, 9.17) is 11.6 Å². The van der Waals surface area contributed by atoms with Crippen molar-refractivity contribution < 1.29 is 13.2 Å². The van der Waals surface area contributed by atoms with Gasteiger partial charge >= 0.3 is 6.18 Å². The molecule has 0 saturated carbocycles. The van der Waals surface area contributed by atoms with Crippen LogP contribution in [0.3, 0.4) is 0 Å². The lowest BCUT2D eigenvalue weighted by atomic mass is 9.63. The van der Waals surface area contributed by atoms with E-state index in [0.717, 1.165) is 35.8 Å². The molecule has 0 spiro atoms. The molecular weight excluding hydrogens is 437 g/mol. The van der Waals surface area contributed by atoms with E-state index in [1.165, 1.54) is 30.3 Å². The Hall–Kier alpha value is -1.13. The van der Waals surface area contributed by atoms with Crippen LogP contribution in [0.15, 0.2) is 52.3 Å². The van der Waals surface area contributed by atoms with Gasteiger partial charge in [0.05, 0.1) is 5.56 Å². The smallest absolute Gasteiger partial charge is 0.166 e. The van der Waals surface area contributed by atoms with Crippen LogP contribution in [0.4, 0.5) is 13.2 Å². The molecule has 172 valence electrons. The second kappa shape index (κ2) is 10.2. The van der Waals surface area contributed by atoms with E-state index in [2.05, 4.69) is 41.5 Å². The first kappa shape index (κ1) is 26.1. The molecule has 0 fully saturated rings. The van der Waals surface area contributed by atoms with E-state index in [-0.39, 0.29) is 10.8 Å². The van der Waals surface area contributed by atoms with Gasteiger partial charge in [-0.15, -0.1) is 0 Å². The quantitative estimate of drug-likeness (QED) is 0.369. The number of aryl methyl sites for hydroxylation is 1. The molecule has 2 rings (SSSR count). The van der Waals surface area contributed by atoms with Crippen molar-refractivity contribution in [2.24, 2.45) is 16.7 Å². The van der Waals surface area contributed by atoms with Crippen LogP contribution in [0.1, 0.15) is 71.9 Å². The number of hydrogen-bond donors (Lipinski definition) is 0. The molecule has 0 bridgehead atoms. The lowest BCUT2D eigenvalue weighted by Gasteiger charge is -2.43. The predicted molar refractivity (Wildman–Crippen MR) is 127 cm³/mol. The molecule has 0 saturated heterocycles. The maximum absolute atomic E-state index is 12.9. The summed E-state index contributed by atoms with van der Waals surface area (Å²) in [5.74, 6) is 0.640. The Morgan fingerprint density at radius 3 is 2.13 bits per heavy atom. The van der Waals surface area contributed by atoms with Crippen molar-refractivity contribution in [2.45, 2.75) is 83.2 Å². The SMILES string of the molecule is CCC(C(C)(C)C)C(C)(C)CCCc1ccc(Sc2cccc(C(F)(F)F)c2)cc1Cl. The van der Waals surface area contributed by atoms with Crippen LogP contribution in [0.25, 0.3) is 0 Å². The number of halogens is 4. The van der Waals surface area contributed by atoms with Crippen molar-refractivity contribution in [1.29, 1.82) is 0 Å². The molecule has 1 unspecified atom stereocenters. The van der Waals surface area contributed by atoms with Crippen LogP contribution in [0.5, 0.6) is 0 Å². The van der Waals surface area contributed by atoms with E-state index in [9.17, 15) is 13.2 Å². The van der Waals surface area contributed by atoms with E-state index < -0.39 is 11.7 Å². The molecule has 31 heavy (non-hydrogen) atoms. The summed E-state index contributed by atoms with van der Waals surface area (Å²) in [6.07, 6.45) is -0.0923. The van der Waals surface area contributed by atoms with Gasteiger partial charge in [0, 0.05) is 14.8 Å². The van der Waals surface area contributed by atoms with Crippen molar-refractivity contribution in [1.82, 2.24) is 0 Å². The number of alkyl halides is 3. The lowest BCUT2D eigenvalue weighted by molar-refractivity contribution is -0.137. The second-order valence-electron chi connectivity index (χ2n) is 10.0. The summed E-state index contributed by atoms with van der Waals surface area (Å²) in [6.45, 7) is 14.0. The number of benzene rings is 2. The molecule has 0 radical (unpaired) electrons. The van der Waals surface area contributed by atoms with E-state index in [0.29, 0.717) is 15.8 Å². The summed E-state index contributed by atoms with van der Waals surface area (Å²) in [4.78, 5) is 1.39. The first-order valence-electron chi connectivity index (χ1n) is 10.9. The summed E-state index contributed by atoms with van der Waals surface area (Å²) in [5.41, 5.74) is 0.981. The van der Waals surface area contributed by atoms with Gasteiger partial charge in [-0.2, -0.15) is 13.2 Å². The molecule has 0 aliphatic carbocycles. The Balaban J connectivity index is 2.02. The average molecular weight is 471 g/mol. The third-order valence-corrected chi connectivity index (χ3v) is 7.42. The van der Waals surface area contributed by atoms with Crippen molar-refractivity contribution in [3.63, 3.8) is 0 Å². The van der Waals surface area contributed by atoms with Gasteiger partial charge in [-0.05, 0) is 71.9 Å². The number of rotatable bonds is 8. The molecule has 0 nitrogen and oxygen atoms in total. The summed E-state index contributed by atoms with van der Waals surface area (Å²) in [5, 5.41) is 0.678. The Labute approximate surface area is 195 Å². The minimum absolute atomic E-state index is 0.249. The fourth-order valence-corrected chi connectivity index (χ4v) is 6.17. The molecule has 5 heteroatoms. The molecule has 0 N–H and O–H groups in total. The zero-order chi connectivity index (χ0) is 23.4. The van der Waals surface area contributed by atoms with Crippen molar-refractivity contribution in [2.75, 3.05) is 0 Å². The zero-order valence-corrected chi connectivity index (χ0v) is 20.9. The first-order valence-corrected chi connectivity index (χ1v) is 12.1. The summed E-state index contributed by atoms with van der Waals surface area (Å²) >= 11 is 7.81. The van der Waals surface area contributed by atoms with E-state index >= 15 is 0 Å². The second-order valence-corrected chi connectivity index (χ2v) is 11.6. The highest BCUT2D eigenvalue weighted by atomic mass is 35.5. The van der Waals surface area contributed by atoms with Crippen molar-refractivity contribution >= 4 is 23.4 Å². The minimum Gasteiger partial charge on any atom is -0.166 e. The molecule has 0 amide bonds. The average Bonchev–Trinajstić information content (AvgIpc) is 2.62. The Bertz CT molecular complexity index is 866. The maximum Gasteiger partial charge on any atom is 0.416 e. The third-order valence-electron chi connectivity index (χ3n) is 6.09. The van der Waals surface area contributed by atoms with Gasteiger partial charge in [-0.3, -0.25) is 0 Å². The Kier molecular flexibility index (Phi) is 8.60. The minimum atomic E-state index is -4.34. The molecular formula is C26H34ClF3S. The van der Waals surface area contributed by atoms with Gasteiger partial charge < -0.3 is 0 Å². The van der Waals surface area contributed by atoms with Crippen LogP contribution >= 0.6 is 23.4 Å². The monoisotopic (exact) mass is 470 g/mol. The normalized spacial score (nSPS) is 14.0. The molecule has 0 aliphatic rings. The lowest BCUT2D eigenvalue weighted by Crippen LogP contribution is -2.34. The maximum atomic E-state index is 12.9. The van der Waals surface area contributed by atoms with Gasteiger partial charge in [0.1, 0.15) is 0 Å². The van der Waals surface area contributed by atoms with E-state index in [1.807, 2.05) is 18.2 Å². The molecule has 2 aromatic carbocycles. The van der Waals surface area contributed by atoms with Crippen LogP contribution in [0, 0.1) is 16.7 Å². The fourth-order valence-electron chi connectivity index (χ4n) is 4.91. The highest BCUT2D eigenvalue weighted by Gasteiger charge is 2.36. The van der Waals surface area contributed by atoms with Gasteiger partial charge in [0.25, 0.3) is 0 Å². The topological polar surface area (TPSA) is 0 Å². The number of hydrogen-bond acceptors (Lipinski definition) is 1. The third kappa shape index (κ3) is 7.46. The predicted octanol–water partition coefficient (Wildman–Crippen LogP) is 9.93. The largest absolute Gasteiger partial charge is 0.416 e. The van der Waals surface area contributed by atoms with Crippen LogP contribution in [-0.2, 0) is 12.6 Å². The van der Waals surface area contributed by atoms with Gasteiger partial charge in [0.15, 0.2) is 0 Å². The van der Waals surface area contributed by atoms with Crippen LogP contribution in [0.2, 0.25) is 5.02 Å². The Morgan fingerprint density at radius 1 is 0.935 bits per heavy atom. The fraction of sp³-hybridized carbons (Fsp3) is 0.538. The van der Waals surface area contributed by atoms with Gasteiger partial charge in [0.2, 0.25) is 0 Å². The Morgan fingerprint density at radius 2 is 1.58 bits per heavy atom. The summed E-state index contributed by atoms with van der Waals surface area (Å²) in [7, 11) is 0. The summed E-state index contributed by atoms with van der Waals surface area (Å²) in [6, 6.07) is 11.2. The zero-order valence-electron chi connectivity index (χ0n) is 19.4. The molecule has 1 atom stereocenters. The first-order chi connectivity index (χ1) is 14.2. The van der Waals surface area contributed by atoms with E-state index in [1.54, 1.807) is 6.07 Å². The highest BCUT2D eigenvalue weighted by molar-refractivity contribution is 7.99. The molecule has 0 heterocycles. The summed E-state index contributed by atoms with van der Waals surface area (Å²) < 4.78 is 38.8. The highest BCUT2D eigenvalue weighted by Crippen LogP contribution is 2.45. The van der Waals surface area contributed by atoms with Crippen molar-refractivity contribution in [3.05, 3.63) is 58.6 Å². The van der Waals surface area contributed by atoms with Crippen molar-refractivity contribution in [3.8, 4) is 0 Å². The van der Waals surface area contributed by atoms with Gasteiger partial charge in [-0.25, -0.2) is 0 Å². The van der Waals surface area contributed by atoms with Crippen LogP contribution < -0.4 is 0 Å².